The van der Waals surface area contributed by atoms with E-state index in [1.807, 2.05) is 42.6 Å². The molecule has 0 saturated carbocycles. The molecule has 0 radical (unpaired) electrons. The Morgan fingerprint density at radius 1 is 1.31 bits per heavy atom. The molecular formula is C20H26N6O2S. The van der Waals surface area contributed by atoms with E-state index in [0.717, 1.165) is 16.7 Å². The number of aromatic hydroxyl groups is 1. The van der Waals surface area contributed by atoms with Gasteiger partial charge in [-0.3, -0.25) is 4.79 Å². The fourth-order valence-electron chi connectivity index (χ4n) is 3.05. The van der Waals surface area contributed by atoms with E-state index >= 15 is 0 Å². The van der Waals surface area contributed by atoms with E-state index in [0.29, 0.717) is 23.0 Å². The Kier molecular flexibility index (Phi) is 6.09. The van der Waals surface area contributed by atoms with E-state index in [2.05, 4.69) is 41.4 Å². The molecule has 3 rings (SSSR count). The molecule has 2 N–H and O–H groups in total. The number of amides is 1. The molecule has 1 amide bonds. The number of hydrogen-bond acceptors (Lipinski definition) is 7. The lowest BCUT2D eigenvalue weighted by atomic mass is 9.84. The summed E-state index contributed by atoms with van der Waals surface area (Å²) < 4.78 is 0. The predicted molar refractivity (Wildman–Crippen MR) is 114 cm³/mol. The summed E-state index contributed by atoms with van der Waals surface area (Å²) in [5.41, 5.74) is 2.35. The fourth-order valence-corrected chi connectivity index (χ4v) is 3.82. The Morgan fingerprint density at radius 3 is 2.69 bits per heavy atom. The lowest BCUT2D eigenvalue weighted by Crippen LogP contribution is -2.28. The van der Waals surface area contributed by atoms with E-state index in [1.54, 1.807) is 11.1 Å². The number of H-pyrrole nitrogens is 1. The van der Waals surface area contributed by atoms with Crippen LogP contribution in [0.3, 0.4) is 0 Å². The second-order valence-corrected chi connectivity index (χ2v) is 9.18. The van der Waals surface area contributed by atoms with Gasteiger partial charge in [-0.15, -0.1) is 10.2 Å². The van der Waals surface area contributed by atoms with Crippen LogP contribution in [0.4, 0.5) is 0 Å². The number of benzene rings is 1. The van der Waals surface area contributed by atoms with Crippen molar-refractivity contribution in [3.05, 3.63) is 51.2 Å². The largest absolute Gasteiger partial charge is 0.507 e. The third-order valence-electron chi connectivity index (χ3n) is 4.41. The Labute approximate surface area is 174 Å². The zero-order valence-corrected chi connectivity index (χ0v) is 18.1. The standard InChI is InChI=1S/C20H26N6O2S/c1-20(2,3)15-9-13(8-14(18(15)27)11-25(4)5)10-16-19(28)26(6-7-29-16)12-17-21-23-24-22-17/h6-10,27H,11-12H2,1-5H3,(H,21,22,23,24)/b16-10-. The minimum Gasteiger partial charge on any atom is -0.507 e. The highest BCUT2D eigenvalue weighted by Crippen LogP contribution is 2.36. The minimum atomic E-state index is -0.228. The number of aromatic nitrogens is 4. The summed E-state index contributed by atoms with van der Waals surface area (Å²) in [7, 11) is 3.92. The summed E-state index contributed by atoms with van der Waals surface area (Å²) in [4.78, 5) is 17.1. The average Bonchev–Trinajstić information content (AvgIpc) is 3.12. The number of phenolic OH excluding ortho intramolecular Hbond substituents is 1. The van der Waals surface area contributed by atoms with Gasteiger partial charge in [-0.2, -0.15) is 5.21 Å². The lowest BCUT2D eigenvalue weighted by molar-refractivity contribution is -0.124. The van der Waals surface area contributed by atoms with Gasteiger partial charge in [-0.1, -0.05) is 37.7 Å². The van der Waals surface area contributed by atoms with Crippen molar-refractivity contribution in [3.8, 4) is 5.75 Å². The van der Waals surface area contributed by atoms with Crippen LogP contribution in [0.1, 0.15) is 43.3 Å². The van der Waals surface area contributed by atoms with Crippen LogP contribution < -0.4 is 0 Å². The number of rotatable bonds is 5. The second kappa shape index (κ2) is 8.38. The molecule has 1 aromatic carbocycles. The fraction of sp³-hybridized carbons (Fsp3) is 0.400. The van der Waals surface area contributed by atoms with Gasteiger partial charge in [0.15, 0.2) is 5.82 Å². The van der Waals surface area contributed by atoms with Gasteiger partial charge < -0.3 is 14.9 Å². The average molecular weight is 415 g/mol. The van der Waals surface area contributed by atoms with Crippen LogP contribution in [0.2, 0.25) is 0 Å². The Bertz CT molecular complexity index is 945. The minimum absolute atomic E-state index is 0.123. The first-order valence-corrected chi connectivity index (χ1v) is 10.1. The van der Waals surface area contributed by atoms with E-state index in [-0.39, 0.29) is 17.9 Å². The second-order valence-electron chi connectivity index (χ2n) is 8.24. The van der Waals surface area contributed by atoms with E-state index in [1.165, 1.54) is 11.8 Å². The van der Waals surface area contributed by atoms with Crippen LogP contribution in [0.5, 0.6) is 5.75 Å². The molecule has 0 unspecified atom stereocenters. The van der Waals surface area contributed by atoms with Gasteiger partial charge in [0.1, 0.15) is 5.75 Å². The molecule has 0 aliphatic carbocycles. The third-order valence-corrected chi connectivity index (χ3v) is 5.22. The van der Waals surface area contributed by atoms with Crippen molar-refractivity contribution in [2.75, 3.05) is 14.1 Å². The topological polar surface area (TPSA) is 98.2 Å². The van der Waals surface area contributed by atoms with Crippen molar-refractivity contribution in [1.82, 2.24) is 30.4 Å². The molecule has 9 heteroatoms. The maximum Gasteiger partial charge on any atom is 0.265 e. The van der Waals surface area contributed by atoms with Crippen LogP contribution >= 0.6 is 11.8 Å². The summed E-state index contributed by atoms with van der Waals surface area (Å²) in [5.74, 6) is 0.638. The molecule has 8 nitrogen and oxygen atoms in total. The van der Waals surface area contributed by atoms with Crippen LogP contribution in [0, 0.1) is 0 Å². The summed E-state index contributed by atoms with van der Waals surface area (Å²) in [5, 5.41) is 26.4. The first kappa shape index (κ1) is 21.1. The molecule has 0 spiro atoms. The molecule has 0 saturated heterocycles. The van der Waals surface area contributed by atoms with Gasteiger partial charge >= 0.3 is 0 Å². The maximum absolute atomic E-state index is 12.9. The number of nitrogens with one attached hydrogen (secondary N) is 1. The zero-order chi connectivity index (χ0) is 21.2. The van der Waals surface area contributed by atoms with Crippen molar-refractivity contribution in [2.45, 2.75) is 39.3 Å². The highest BCUT2D eigenvalue weighted by Gasteiger charge is 2.24. The van der Waals surface area contributed by atoms with Gasteiger partial charge in [-0.25, -0.2) is 0 Å². The smallest absolute Gasteiger partial charge is 0.265 e. The Morgan fingerprint density at radius 2 is 2.07 bits per heavy atom. The normalized spacial score (nSPS) is 16.3. The van der Waals surface area contributed by atoms with Crippen molar-refractivity contribution < 1.29 is 9.90 Å². The summed E-state index contributed by atoms with van der Waals surface area (Å²) >= 11 is 1.37. The molecule has 1 aliphatic heterocycles. The molecule has 2 heterocycles. The lowest BCUT2D eigenvalue weighted by Gasteiger charge is -2.24. The number of tetrazole rings is 1. The Hall–Kier alpha value is -2.65. The third kappa shape index (κ3) is 5.04. The number of nitrogens with zero attached hydrogens (tertiary/aromatic N) is 5. The highest BCUT2D eigenvalue weighted by atomic mass is 32.2. The number of aromatic amines is 1. The number of hydrogen-bond donors (Lipinski definition) is 2. The summed E-state index contributed by atoms with van der Waals surface area (Å²) in [6.45, 7) is 7.05. The van der Waals surface area contributed by atoms with Gasteiger partial charge in [0.2, 0.25) is 0 Å². The number of carbonyl (C=O) groups excluding carboxylic acids is 1. The van der Waals surface area contributed by atoms with E-state index in [9.17, 15) is 9.90 Å². The summed E-state index contributed by atoms with van der Waals surface area (Å²) in [6.07, 6.45) is 3.59. The first-order chi connectivity index (χ1) is 13.6. The molecule has 29 heavy (non-hydrogen) atoms. The molecule has 154 valence electrons. The molecule has 2 aromatic rings. The van der Waals surface area contributed by atoms with Gasteiger partial charge in [0.25, 0.3) is 5.91 Å². The van der Waals surface area contributed by atoms with E-state index in [4.69, 9.17) is 0 Å². The van der Waals surface area contributed by atoms with Crippen molar-refractivity contribution in [2.24, 2.45) is 0 Å². The Balaban J connectivity index is 1.96. The molecule has 0 bridgehead atoms. The van der Waals surface area contributed by atoms with Crippen molar-refractivity contribution in [1.29, 1.82) is 0 Å². The predicted octanol–water partition coefficient (Wildman–Crippen LogP) is 2.85. The maximum atomic E-state index is 12.9. The van der Waals surface area contributed by atoms with Gasteiger partial charge in [0.05, 0.1) is 11.4 Å². The number of phenols is 1. The monoisotopic (exact) mass is 414 g/mol. The van der Waals surface area contributed by atoms with Crippen LogP contribution in [-0.2, 0) is 23.3 Å². The van der Waals surface area contributed by atoms with Crippen molar-refractivity contribution in [3.63, 3.8) is 0 Å². The molecule has 0 atom stereocenters. The number of carbonyl (C=O) groups is 1. The first-order valence-electron chi connectivity index (χ1n) is 9.24. The molecule has 0 fully saturated rings. The molecular weight excluding hydrogens is 388 g/mol. The summed E-state index contributed by atoms with van der Waals surface area (Å²) in [6, 6.07) is 3.89. The SMILES string of the molecule is CN(C)Cc1cc(/C=C2\SC=CN(Cc3nn[nH]n3)C2=O)cc(C(C)(C)C)c1O. The molecule has 1 aromatic heterocycles. The zero-order valence-electron chi connectivity index (χ0n) is 17.3. The highest BCUT2D eigenvalue weighted by molar-refractivity contribution is 8.06. The van der Waals surface area contributed by atoms with Crippen LogP contribution in [0.15, 0.2) is 28.6 Å². The number of thioether (sulfide) groups is 1. The van der Waals surface area contributed by atoms with Gasteiger partial charge in [0, 0.05) is 23.9 Å². The quantitative estimate of drug-likeness (QED) is 0.726. The van der Waals surface area contributed by atoms with Crippen LogP contribution in [0.25, 0.3) is 6.08 Å². The van der Waals surface area contributed by atoms with Gasteiger partial charge in [-0.05, 0) is 48.7 Å². The van der Waals surface area contributed by atoms with E-state index < -0.39 is 0 Å². The molecule has 1 aliphatic rings. The van der Waals surface area contributed by atoms with Crippen molar-refractivity contribution >= 4 is 23.7 Å². The van der Waals surface area contributed by atoms with Crippen LogP contribution in [-0.4, -0.2) is 55.5 Å².